The van der Waals surface area contributed by atoms with E-state index in [0.29, 0.717) is 5.56 Å². The van der Waals surface area contributed by atoms with Crippen LogP contribution in [-0.4, -0.2) is 16.0 Å². The van der Waals surface area contributed by atoms with Gasteiger partial charge in [-0.1, -0.05) is 24.3 Å². The summed E-state index contributed by atoms with van der Waals surface area (Å²) in [5, 5.41) is 2.93. The van der Waals surface area contributed by atoms with Crippen molar-refractivity contribution in [2.45, 2.75) is 26.3 Å². The first kappa shape index (κ1) is 16.7. The highest BCUT2D eigenvalue weighted by Gasteiger charge is 2.14. The third kappa shape index (κ3) is 4.95. The molecule has 1 aromatic carbocycles. The largest absolute Gasteiger partial charge is 0.347 e. The van der Waals surface area contributed by atoms with Crippen LogP contribution >= 0.6 is 0 Å². The summed E-state index contributed by atoms with van der Waals surface area (Å²) < 4.78 is 1.54. The number of carbonyl (C=O) groups is 1. The molecule has 4 nitrogen and oxygen atoms in total. The van der Waals surface area contributed by atoms with Gasteiger partial charge in [0.2, 0.25) is 5.56 Å². The molecule has 0 aliphatic heterocycles. The monoisotopic (exact) mass is 310 g/mol. The first-order valence-corrected chi connectivity index (χ1v) is 7.52. The average molecular weight is 310 g/mol. The summed E-state index contributed by atoms with van der Waals surface area (Å²) in [6, 6.07) is 10.7. The molecule has 0 fully saturated rings. The summed E-state index contributed by atoms with van der Waals surface area (Å²) in [4.78, 5) is 23.4. The Morgan fingerprint density at radius 2 is 1.57 bits per heavy atom. The minimum atomic E-state index is -0.251. The van der Waals surface area contributed by atoms with Crippen LogP contribution in [0.1, 0.15) is 42.3 Å². The predicted molar refractivity (Wildman–Crippen MR) is 94.3 cm³/mol. The molecule has 0 aliphatic rings. The summed E-state index contributed by atoms with van der Waals surface area (Å²) in [5.74, 6) is -0.0777. The minimum absolute atomic E-state index is 0.0311. The number of aromatic nitrogens is 1. The van der Waals surface area contributed by atoms with Crippen molar-refractivity contribution in [3.05, 3.63) is 69.6 Å². The molecular weight excluding hydrogens is 288 g/mol. The van der Waals surface area contributed by atoms with Crippen LogP contribution in [0.4, 0.5) is 0 Å². The smallest absolute Gasteiger partial charge is 0.251 e. The van der Waals surface area contributed by atoms with Crippen LogP contribution in [0, 0.1) is 0 Å². The molecule has 0 bridgehead atoms. The van der Waals surface area contributed by atoms with E-state index in [9.17, 15) is 9.59 Å². The maximum absolute atomic E-state index is 12.1. The summed E-state index contributed by atoms with van der Waals surface area (Å²) in [5.41, 5.74) is 2.29. The van der Waals surface area contributed by atoms with Gasteiger partial charge in [-0.3, -0.25) is 9.59 Å². The molecule has 2 aromatic rings. The molecule has 0 atom stereocenters. The molecule has 23 heavy (non-hydrogen) atoms. The van der Waals surface area contributed by atoms with Gasteiger partial charge in [0, 0.05) is 30.4 Å². The first-order chi connectivity index (χ1) is 10.7. The van der Waals surface area contributed by atoms with Gasteiger partial charge in [0.05, 0.1) is 0 Å². The van der Waals surface area contributed by atoms with Crippen LogP contribution in [0.25, 0.3) is 12.2 Å². The van der Waals surface area contributed by atoms with Gasteiger partial charge in [-0.2, -0.15) is 0 Å². The van der Waals surface area contributed by atoms with E-state index in [0.717, 1.165) is 11.1 Å². The second-order valence-electron chi connectivity index (χ2n) is 6.57. The average Bonchev–Trinajstić information content (AvgIpc) is 2.47. The van der Waals surface area contributed by atoms with Crippen molar-refractivity contribution >= 4 is 18.1 Å². The van der Waals surface area contributed by atoms with E-state index in [1.165, 1.54) is 0 Å². The van der Waals surface area contributed by atoms with Crippen LogP contribution < -0.4 is 10.9 Å². The Bertz CT molecular complexity index is 778. The number of rotatable bonds is 3. The topological polar surface area (TPSA) is 51.1 Å². The molecular formula is C19H22N2O2. The second kappa shape index (κ2) is 6.65. The van der Waals surface area contributed by atoms with Crippen molar-refractivity contribution in [2.24, 2.45) is 7.05 Å². The minimum Gasteiger partial charge on any atom is -0.347 e. The van der Waals surface area contributed by atoms with Crippen molar-refractivity contribution in [3.63, 3.8) is 0 Å². The number of carbonyl (C=O) groups excluding carboxylic acids is 1. The number of hydrogen-bond donors (Lipinski definition) is 1. The zero-order valence-corrected chi connectivity index (χ0v) is 14.0. The first-order valence-electron chi connectivity index (χ1n) is 7.52. The number of pyridine rings is 1. The Balaban J connectivity index is 2.10. The molecule has 1 N–H and O–H groups in total. The van der Waals surface area contributed by atoms with Crippen molar-refractivity contribution in [3.8, 4) is 0 Å². The fourth-order valence-corrected chi connectivity index (χ4v) is 2.06. The van der Waals surface area contributed by atoms with Crippen molar-refractivity contribution in [1.82, 2.24) is 9.88 Å². The second-order valence-corrected chi connectivity index (χ2v) is 6.57. The van der Waals surface area contributed by atoms with Gasteiger partial charge >= 0.3 is 0 Å². The normalized spacial score (nSPS) is 11.7. The number of hydrogen-bond acceptors (Lipinski definition) is 2. The van der Waals surface area contributed by atoms with E-state index in [1.54, 1.807) is 29.9 Å². The van der Waals surface area contributed by atoms with E-state index in [-0.39, 0.29) is 17.0 Å². The van der Waals surface area contributed by atoms with E-state index in [4.69, 9.17) is 0 Å². The molecule has 0 unspecified atom stereocenters. The van der Waals surface area contributed by atoms with Gasteiger partial charge in [0.15, 0.2) is 0 Å². The molecule has 0 saturated heterocycles. The summed E-state index contributed by atoms with van der Waals surface area (Å²) in [6.07, 6.45) is 5.67. The van der Waals surface area contributed by atoms with Crippen LogP contribution in [0.15, 0.2) is 47.4 Å². The Morgan fingerprint density at radius 3 is 2.13 bits per heavy atom. The maximum Gasteiger partial charge on any atom is 0.251 e. The van der Waals surface area contributed by atoms with Gasteiger partial charge in [0.1, 0.15) is 0 Å². The molecule has 120 valence electrons. The Morgan fingerprint density at radius 1 is 1.00 bits per heavy atom. The highest BCUT2D eigenvalue weighted by molar-refractivity contribution is 5.94. The van der Waals surface area contributed by atoms with Crippen LogP contribution in [0.5, 0.6) is 0 Å². The Hall–Kier alpha value is -2.62. The SMILES string of the molecule is Cn1cc(/C=C/c2ccc(C(=O)NC(C)(C)C)cc2)ccc1=O. The molecule has 0 spiro atoms. The van der Waals surface area contributed by atoms with Gasteiger partial charge in [-0.25, -0.2) is 0 Å². The van der Waals surface area contributed by atoms with Gasteiger partial charge in [-0.05, 0) is 50.1 Å². The lowest BCUT2D eigenvalue weighted by atomic mass is 10.1. The zero-order chi connectivity index (χ0) is 17.0. The van der Waals surface area contributed by atoms with E-state index in [2.05, 4.69) is 5.32 Å². The lowest BCUT2D eigenvalue weighted by molar-refractivity contribution is 0.0919. The lowest BCUT2D eigenvalue weighted by Crippen LogP contribution is -2.40. The number of aryl methyl sites for hydroxylation is 1. The van der Waals surface area contributed by atoms with Crippen LogP contribution in [-0.2, 0) is 7.05 Å². The fourth-order valence-electron chi connectivity index (χ4n) is 2.06. The summed E-state index contributed by atoms with van der Waals surface area (Å²) in [7, 11) is 1.72. The molecule has 0 aliphatic carbocycles. The zero-order valence-electron chi connectivity index (χ0n) is 14.0. The molecule has 0 radical (unpaired) electrons. The maximum atomic E-state index is 12.1. The lowest BCUT2D eigenvalue weighted by Gasteiger charge is -2.20. The molecule has 0 saturated carbocycles. The van der Waals surface area contributed by atoms with Gasteiger partial charge < -0.3 is 9.88 Å². The third-order valence-corrected chi connectivity index (χ3v) is 3.24. The van der Waals surface area contributed by atoms with Crippen LogP contribution in [0.3, 0.4) is 0 Å². The number of nitrogens with zero attached hydrogens (tertiary/aromatic N) is 1. The number of benzene rings is 1. The number of amides is 1. The van der Waals surface area contributed by atoms with Crippen molar-refractivity contribution < 1.29 is 4.79 Å². The molecule has 2 rings (SSSR count). The van der Waals surface area contributed by atoms with Crippen LogP contribution in [0.2, 0.25) is 0 Å². The quantitative estimate of drug-likeness (QED) is 0.947. The standard InChI is InChI=1S/C19H22N2O2/c1-19(2,3)20-18(23)16-10-7-14(8-11-16)5-6-15-9-12-17(22)21(4)13-15/h5-13H,1-4H3,(H,20,23)/b6-5+. The van der Waals surface area contributed by atoms with Crippen molar-refractivity contribution in [1.29, 1.82) is 0 Å². The molecule has 1 aromatic heterocycles. The highest BCUT2D eigenvalue weighted by Crippen LogP contribution is 2.10. The van der Waals surface area contributed by atoms with Crippen molar-refractivity contribution in [2.75, 3.05) is 0 Å². The number of nitrogens with one attached hydrogen (secondary N) is 1. The Kier molecular flexibility index (Phi) is 4.84. The van der Waals surface area contributed by atoms with E-state index >= 15 is 0 Å². The predicted octanol–water partition coefficient (Wildman–Crippen LogP) is 3.08. The summed E-state index contributed by atoms with van der Waals surface area (Å²) >= 11 is 0. The summed E-state index contributed by atoms with van der Waals surface area (Å²) in [6.45, 7) is 5.86. The van der Waals surface area contributed by atoms with Gasteiger partial charge in [-0.15, -0.1) is 0 Å². The third-order valence-electron chi connectivity index (χ3n) is 3.24. The van der Waals surface area contributed by atoms with Gasteiger partial charge in [0.25, 0.3) is 5.91 Å². The van der Waals surface area contributed by atoms with E-state index < -0.39 is 0 Å². The Labute approximate surface area is 136 Å². The molecule has 4 heteroatoms. The fraction of sp³-hybridized carbons (Fsp3) is 0.263. The highest BCUT2D eigenvalue weighted by atomic mass is 16.1. The molecule has 1 heterocycles. The molecule has 1 amide bonds. The van der Waals surface area contributed by atoms with E-state index in [1.807, 2.05) is 57.2 Å².